The summed E-state index contributed by atoms with van der Waals surface area (Å²) in [5, 5.41) is 12.8. The number of thiophene rings is 1. The standard InChI is InChI=1S/C26H29F2N7O2S/c1-14(26(36)37)15(2)31-25-21(28)22(20-5-4-17(38-20)13-35-8-6-34(3)7-9-35)32-24(33-25)19-12-30-23-18(19)10-16(27)11-29-23/h4-5,10-12,14-15H,6-9,13H2,1-3H3,(H,29,30)(H,36,37)(H,31,32,33). The predicted octanol–water partition coefficient (Wildman–Crippen LogP) is 4.30. The zero-order chi connectivity index (χ0) is 27.0. The number of carbonyl (C=O) groups is 1. The van der Waals surface area contributed by atoms with E-state index >= 15 is 4.39 Å². The molecule has 0 saturated carbocycles. The van der Waals surface area contributed by atoms with E-state index in [-0.39, 0.29) is 17.3 Å². The first-order valence-electron chi connectivity index (χ1n) is 12.4. The highest BCUT2D eigenvalue weighted by atomic mass is 32.1. The Morgan fingerprint density at radius 1 is 1.21 bits per heavy atom. The fraction of sp³-hybridized carbons (Fsp3) is 0.385. The third-order valence-corrected chi connectivity index (χ3v) is 8.04. The molecule has 1 saturated heterocycles. The lowest BCUT2D eigenvalue weighted by molar-refractivity contribution is -0.141. The van der Waals surface area contributed by atoms with Crippen LogP contribution in [0.4, 0.5) is 14.6 Å². The molecule has 12 heteroatoms. The van der Waals surface area contributed by atoms with E-state index < -0.39 is 29.6 Å². The van der Waals surface area contributed by atoms with Crippen molar-refractivity contribution in [2.75, 3.05) is 38.5 Å². The van der Waals surface area contributed by atoms with Gasteiger partial charge >= 0.3 is 5.97 Å². The molecule has 3 N–H and O–H groups in total. The molecule has 0 spiro atoms. The first-order chi connectivity index (χ1) is 18.2. The first-order valence-corrected chi connectivity index (χ1v) is 13.2. The molecule has 5 rings (SSSR count). The number of likely N-dealkylation sites (N-methyl/N-ethyl adjacent to an activating group) is 1. The molecule has 0 aliphatic carbocycles. The van der Waals surface area contributed by atoms with E-state index in [4.69, 9.17) is 0 Å². The van der Waals surface area contributed by atoms with Crippen LogP contribution in [0.3, 0.4) is 0 Å². The number of carboxylic acid groups (broad SMARTS) is 1. The molecule has 9 nitrogen and oxygen atoms in total. The predicted molar refractivity (Wildman–Crippen MR) is 143 cm³/mol. The quantitative estimate of drug-likeness (QED) is 0.303. The topological polar surface area (TPSA) is 110 Å². The number of H-pyrrole nitrogens is 1. The Labute approximate surface area is 222 Å². The van der Waals surface area contributed by atoms with Gasteiger partial charge in [0.05, 0.1) is 17.0 Å². The zero-order valence-corrected chi connectivity index (χ0v) is 22.1. The van der Waals surface area contributed by atoms with Gasteiger partial charge in [-0.3, -0.25) is 9.69 Å². The van der Waals surface area contributed by atoms with Crippen LogP contribution in [0.5, 0.6) is 0 Å². The third kappa shape index (κ3) is 5.38. The normalized spacial score (nSPS) is 16.6. The number of nitrogens with zero attached hydrogens (tertiary/aromatic N) is 5. The van der Waals surface area contributed by atoms with E-state index in [2.05, 4.69) is 42.1 Å². The van der Waals surface area contributed by atoms with Crippen LogP contribution in [0, 0.1) is 17.6 Å². The Bertz CT molecular complexity index is 1470. The fourth-order valence-electron chi connectivity index (χ4n) is 4.36. The zero-order valence-electron chi connectivity index (χ0n) is 21.3. The second kappa shape index (κ2) is 10.7. The highest BCUT2D eigenvalue weighted by Crippen LogP contribution is 2.35. The Balaban J connectivity index is 1.54. The van der Waals surface area contributed by atoms with Crippen molar-refractivity contribution in [3.63, 3.8) is 0 Å². The summed E-state index contributed by atoms with van der Waals surface area (Å²) in [7, 11) is 2.11. The molecule has 0 bridgehead atoms. The lowest BCUT2D eigenvalue weighted by Gasteiger charge is -2.31. The van der Waals surface area contributed by atoms with Gasteiger partial charge in [-0.05, 0) is 39.1 Å². The van der Waals surface area contributed by atoms with Crippen LogP contribution in [0.15, 0.2) is 30.6 Å². The molecule has 2 atom stereocenters. The van der Waals surface area contributed by atoms with Crippen LogP contribution >= 0.6 is 11.3 Å². The molecular formula is C26H29F2N7O2S. The summed E-state index contributed by atoms with van der Waals surface area (Å²) in [6.07, 6.45) is 2.71. The maximum atomic E-state index is 15.9. The van der Waals surface area contributed by atoms with Gasteiger partial charge in [0.1, 0.15) is 17.2 Å². The van der Waals surface area contributed by atoms with Crippen molar-refractivity contribution in [3.05, 3.63) is 47.1 Å². The summed E-state index contributed by atoms with van der Waals surface area (Å²) in [5.41, 5.74) is 1.01. The smallest absolute Gasteiger partial charge is 0.308 e. The highest BCUT2D eigenvalue weighted by molar-refractivity contribution is 7.15. The van der Waals surface area contributed by atoms with E-state index in [9.17, 15) is 14.3 Å². The molecule has 0 radical (unpaired) electrons. The first kappa shape index (κ1) is 26.1. The van der Waals surface area contributed by atoms with Crippen molar-refractivity contribution >= 4 is 34.2 Å². The largest absolute Gasteiger partial charge is 0.481 e. The Hall–Kier alpha value is -3.48. The molecule has 2 unspecified atom stereocenters. The maximum Gasteiger partial charge on any atom is 0.308 e. The van der Waals surface area contributed by atoms with Crippen molar-refractivity contribution < 1.29 is 18.7 Å². The summed E-state index contributed by atoms with van der Waals surface area (Å²) in [5.74, 6) is -2.93. The van der Waals surface area contributed by atoms with Gasteiger partial charge < -0.3 is 20.3 Å². The molecule has 5 heterocycles. The van der Waals surface area contributed by atoms with Gasteiger partial charge in [0.15, 0.2) is 17.5 Å². The molecule has 200 valence electrons. The van der Waals surface area contributed by atoms with Crippen molar-refractivity contribution in [2.45, 2.75) is 26.4 Å². The maximum absolute atomic E-state index is 15.9. The van der Waals surface area contributed by atoms with Gasteiger partial charge in [-0.2, -0.15) is 0 Å². The van der Waals surface area contributed by atoms with Crippen molar-refractivity contribution in [1.29, 1.82) is 0 Å². The number of carboxylic acids is 1. The van der Waals surface area contributed by atoms with Gasteiger partial charge in [0.2, 0.25) is 0 Å². The Morgan fingerprint density at radius 3 is 2.71 bits per heavy atom. The second-order valence-electron chi connectivity index (χ2n) is 9.72. The number of piperazine rings is 1. The molecule has 1 aliphatic heterocycles. The Kier molecular flexibility index (Phi) is 7.37. The average Bonchev–Trinajstić information content (AvgIpc) is 3.53. The number of rotatable bonds is 8. The highest BCUT2D eigenvalue weighted by Gasteiger charge is 2.25. The molecule has 4 aromatic rings. The van der Waals surface area contributed by atoms with Crippen molar-refractivity contribution in [2.24, 2.45) is 5.92 Å². The van der Waals surface area contributed by atoms with Gasteiger partial charge in [0.25, 0.3) is 0 Å². The summed E-state index contributed by atoms with van der Waals surface area (Å²) >= 11 is 1.46. The van der Waals surface area contributed by atoms with Gasteiger partial charge in [-0.25, -0.2) is 23.7 Å². The van der Waals surface area contributed by atoms with E-state index in [0.717, 1.165) is 43.8 Å². The minimum atomic E-state index is -1.01. The number of aliphatic carboxylic acids is 1. The van der Waals surface area contributed by atoms with Gasteiger partial charge in [0, 0.05) is 60.8 Å². The molecule has 1 aliphatic rings. The minimum absolute atomic E-state index is 0.0982. The number of aromatic nitrogens is 4. The fourth-order valence-corrected chi connectivity index (χ4v) is 5.39. The van der Waals surface area contributed by atoms with Crippen LogP contribution in [-0.4, -0.2) is 80.1 Å². The third-order valence-electron chi connectivity index (χ3n) is 6.96. The number of halogens is 2. The second-order valence-corrected chi connectivity index (χ2v) is 10.9. The van der Waals surface area contributed by atoms with Crippen LogP contribution in [0.2, 0.25) is 0 Å². The van der Waals surface area contributed by atoms with Crippen molar-refractivity contribution in [1.82, 2.24) is 29.7 Å². The van der Waals surface area contributed by atoms with Gasteiger partial charge in [-0.15, -0.1) is 11.3 Å². The molecule has 1 fully saturated rings. The van der Waals surface area contributed by atoms with E-state index in [1.807, 2.05) is 12.1 Å². The SMILES string of the molecule is CC(Nc1nc(-c2c[nH]c3ncc(F)cc23)nc(-c2ccc(CN3CCN(C)CC3)s2)c1F)C(C)C(=O)O. The Morgan fingerprint density at radius 2 is 1.97 bits per heavy atom. The van der Waals surface area contributed by atoms with E-state index in [1.165, 1.54) is 17.4 Å². The van der Waals surface area contributed by atoms with E-state index in [1.54, 1.807) is 20.0 Å². The van der Waals surface area contributed by atoms with Crippen LogP contribution in [0.25, 0.3) is 33.0 Å². The van der Waals surface area contributed by atoms with Crippen LogP contribution in [-0.2, 0) is 11.3 Å². The summed E-state index contributed by atoms with van der Waals surface area (Å²) < 4.78 is 29.9. The number of pyridine rings is 1. The monoisotopic (exact) mass is 541 g/mol. The minimum Gasteiger partial charge on any atom is -0.481 e. The summed E-state index contributed by atoms with van der Waals surface area (Å²) in [4.78, 5) is 33.9. The molecule has 4 aromatic heterocycles. The summed E-state index contributed by atoms with van der Waals surface area (Å²) in [6.45, 7) is 7.91. The van der Waals surface area contributed by atoms with Gasteiger partial charge in [-0.1, -0.05) is 0 Å². The molecule has 38 heavy (non-hydrogen) atoms. The lowest BCUT2D eigenvalue weighted by atomic mass is 10.0. The lowest BCUT2D eigenvalue weighted by Crippen LogP contribution is -2.43. The number of nitrogens with one attached hydrogen (secondary N) is 2. The van der Waals surface area contributed by atoms with Crippen molar-refractivity contribution in [3.8, 4) is 22.0 Å². The molecular weight excluding hydrogens is 512 g/mol. The van der Waals surface area contributed by atoms with E-state index in [0.29, 0.717) is 21.5 Å². The number of hydrogen-bond acceptors (Lipinski definition) is 8. The number of fused-ring (bicyclic) bond motifs is 1. The average molecular weight is 542 g/mol. The summed E-state index contributed by atoms with van der Waals surface area (Å²) in [6, 6.07) is 4.53. The number of aromatic amines is 1. The number of anilines is 1. The number of hydrogen-bond donors (Lipinski definition) is 3. The van der Waals surface area contributed by atoms with Crippen LogP contribution < -0.4 is 5.32 Å². The molecule has 0 amide bonds. The molecule has 0 aromatic carbocycles. The van der Waals surface area contributed by atoms with Crippen LogP contribution in [0.1, 0.15) is 18.7 Å².